The first-order valence-electron chi connectivity index (χ1n) is 21.5. The predicted molar refractivity (Wildman–Crippen MR) is 210 cm³/mol. The third-order valence-corrected chi connectivity index (χ3v) is 11.0. The number of ether oxygens (including phenoxy) is 2. The molecule has 0 aliphatic carbocycles. The van der Waals surface area contributed by atoms with Gasteiger partial charge in [-0.25, -0.2) is 4.18 Å². The summed E-state index contributed by atoms with van der Waals surface area (Å²) in [5.41, 5.74) is 0. The Balaban J connectivity index is 2.62. The van der Waals surface area contributed by atoms with Crippen LogP contribution < -0.4 is 5.32 Å². The average Bonchev–Trinajstić information content (AvgIpc) is 3.14. The van der Waals surface area contributed by atoms with Crippen LogP contribution in [-0.4, -0.2) is 107 Å². The molecule has 14 heteroatoms. The lowest BCUT2D eigenvalue weighted by molar-refractivity contribution is -0.298. The number of nitrogens with one attached hydrogen (secondary N) is 1. The molecular weight excluding hydrogens is 719 g/mol. The number of carbonyl (C=O) groups is 1. The number of rotatable bonds is 36. The maximum absolute atomic E-state index is 13.1. The highest BCUT2D eigenvalue weighted by Gasteiger charge is 2.48. The third-order valence-electron chi connectivity index (χ3n) is 10.5. The fourth-order valence-electron chi connectivity index (χ4n) is 7.05. The van der Waals surface area contributed by atoms with E-state index in [4.69, 9.17) is 14.0 Å². The molecule has 1 saturated heterocycles. The van der Waals surface area contributed by atoms with Gasteiger partial charge in [0.1, 0.15) is 30.5 Å². The van der Waals surface area contributed by atoms with E-state index in [0.717, 1.165) is 38.5 Å². The van der Waals surface area contributed by atoms with E-state index in [1.54, 1.807) is 0 Å². The van der Waals surface area contributed by atoms with Crippen LogP contribution in [0, 0.1) is 0 Å². The van der Waals surface area contributed by atoms with Crippen LogP contribution >= 0.6 is 0 Å². The van der Waals surface area contributed by atoms with Gasteiger partial charge in [0.2, 0.25) is 5.91 Å². The second kappa shape index (κ2) is 32.1. The molecule has 0 bridgehead atoms. The van der Waals surface area contributed by atoms with Crippen LogP contribution in [0.5, 0.6) is 0 Å². The van der Waals surface area contributed by atoms with Crippen LogP contribution in [0.2, 0.25) is 0 Å². The number of aliphatic hydroxyl groups is 5. The van der Waals surface area contributed by atoms with Crippen molar-refractivity contribution in [3.05, 3.63) is 0 Å². The molecule has 1 rings (SSSR count). The summed E-state index contributed by atoms with van der Waals surface area (Å²) in [6, 6.07) is -1.03. The summed E-state index contributed by atoms with van der Waals surface area (Å²) in [5, 5.41) is 55.2. The minimum Gasteiger partial charge on any atom is -0.394 e. The van der Waals surface area contributed by atoms with E-state index in [2.05, 4.69) is 23.3 Å². The fraction of sp³-hybridized carbons (Fsp3) is 0.975. The van der Waals surface area contributed by atoms with Crippen LogP contribution in [0.1, 0.15) is 187 Å². The summed E-state index contributed by atoms with van der Waals surface area (Å²) in [6.07, 6.45) is 18.7. The van der Waals surface area contributed by atoms with Gasteiger partial charge < -0.3 is 40.3 Å². The number of hydrogen-bond acceptors (Lipinski definition) is 11. The van der Waals surface area contributed by atoms with Gasteiger partial charge in [0.25, 0.3) is 0 Å². The van der Waals surface area contributed by atoms with Gasteiger partial charge in [0, 0.05) is 0 Å². The molecule has 1 amide bonds. The third kappa shape index (κ3) is 24.6. The molecule has 7 N–H and O–H groups in total. The zero-order valence-electron chi connectivity index (χ0n) is 33.7. The molecule has 0 spiro atoms. The molecule has 322 valence electrons. The van der Waals surface area contributed by atoms with E-state index in [-0.39, 0.29) is 6.42 Å². The Morgan fingerprint density at radius 2 is 1.07 bits per heavy atom. The monoisotopic (exact) mass is 798 g/mol. The van der Waals surface area contributed by atoms with Gasteiger partial charge in [-0.05, 0) is 12.8 Å². The molecule has 8 unspecified atom stereocenters. The second-order valence-electron chi connectivity index (χ2n) is 15.4. The van der Waals surface area contributed by atoms with Crippen molar-refractivity contribution in [1.29, 1.82) is 0 Å². The number of hydrogen-bond donors (Lipinski definition) is 7. The molecule has 0 aromatic rings. The van der Waals surface area contributed by atoms with E-state index in [9.17, 15) is 38.7 Å². The van der Waals surface area contributed by atoms with Gasteiger partial charge in [-0.15, -0.1) is 0 Å². The van der Waals surface area contributed by atoms with Gasteiger partial charge in [-0.3, -0.25) is 9.35 Å². The van der Waals surface area contributed by atoms with Crippen molar-refractivity contribution in [2.45, 2.75) is 236 Å². The van der Waals surface area contributed by atoms with Crippen molar-refractivity contribution < 1.29 is 57.0 Å². The Labute approximate surface area is 327 Å². The average molecular weight is 798 g/mol. The van der Waals surface area contributed by atoms with Crippen molar-refractivity contribution in [3.63, 3.8) is 0 Å². The molecule has 0 saturated carbocycles. The van der Waals surface area contributed by atoms with Gasteiger partial charge >= 0.3 is 10.4 Å². The summed E-state index contributed by atoms with van der Waals surface area (Å²) in [7, 11) is -5.10. The lowest BCUT2D eigenvalue weighted by atomic mass is 9.99. The van der Waals surface area contributed by atoms with Crippen LogP contribution in [-0.2, 0) is 28.9 Å². The first-order chi connectivity index (χ1) is 25.9. The molecule has 1 aliphatic heterocycles. The summed E-state index contributed by atoms with van der Waals surface area (Å²) in [4.78, 5) is 13.1. The minimum absolute atomic E-state index is 0.265. The highest BCUT2D eigenvalue weighted by atomic mass is 32.3. The highest BCUT2D eigenvalue weighted by molar-refractivity contribution is 7.80. The number of unbranched alkanes of at least 4 members (excludes halogenated alkanes) is 23. The SMILES string of the molecule is CCCCCCCCCCCCCCCC(O)C(COC1OC(CO)C(O)C(OS(=O)(=O)O)C1O)NC(=O)C(O)CCCCCCCCCCCCCC. The summed E-state index contributed by atoms with van der Waals surface area (Å²) < 4.78 is 47.4. The summed E-state index contributed by atoms with van der Waals surface area (Å²) >= 11 is 0. The smallest absolute Gasteiger partial charge is 0.394 e. The Morgan fingerprint density at radius 3 is 1.48 bits per heavy atom. The molecule has 0 aromatic heterocycles. The lowest BCUT2D eigenvalue weighted by Gasteiger charge is -2.41. The van der Waals surface area contributed by atoms with Crippen LogP contribution in [0.4, 0.5) is 0 Å². The molecule has 54 heavy (non-hydrogen) atoms. The first-order valence-corrected chi connectivity index (χ1v) is 22.9. The molecular formula is C40H79NO12S. The van der Waals surface area contributed by atoms with E-state index in [1.165, 1.54) is 109 Å². The number of amides is 1. The minimum atomic E-state index is -5.10. The topological polar surface area (TPSA) is 212 Å². The van der Waals surface area contributed by atoms with Crippen molar-refractivity contribution in [2.24, 2.45) is 0 Å². The highest BCUT2D eigenvalue weighted by Crippen LogP contribution is 2.26. The van der Waals surface area contributed by atoms with E-state index in [0.29, 0.717) is 19.3 Å². The van der Waals surface area contributed by atoms with Gasteiger partial charge in [-0.2, -0.15) is 8.42 Å². The predicted octanol–water partition coefficient (Wildman–Crippen LogP) is 6.41. The van der Waals surface area contributed by atoms with Gasteiger partial charge in [0.15, 0.2) is 6.29 Å². The standard InChI is InChI=1S/C40H79NO12S/c1-3-5-7-9-11-13-15-17-19-20-22-24-26-28-33(43)32(31-51-40-37(46)38(53-54(48,49)50)36(45)35(30-42)52-40)41-39(47)34(44)29-27-25-23-21-18-16-14-12-10-8-6-4-2/h32-38,40,42-46H,3-31H2,1-2H3,(H,41,47)(H,48,49,50). The maximum Gasteiger partial charge on any atom is 0.397 e. The summed E-state index contributed by atoms with van der Waals surface area (Å²) in [6.45, 7) is 3.25. The first kappa shape index (κ1) is 51.1. The van der Waals surface area contributed by atoms with Crippen molar-refractivity contribution in [2.75, 3.05) is 13.2 Å². The Bertz CT molecular complexity index is 1010. The van der Waals surface area contributed by atoms with Gasteiger partial charge in [-0.1, -0.05) is 174 Å². The normalized spacial score (nSPS) is 22.3. The molecule has 0 aromatic carbocycles. The molecule has 1 aliphatic rings. The Kier molecular flexibility index (Phi) is 30.3. The Hall–Kier alpha value is -0.940. The number of carbonyl (C=O) groups excluding carboxylic acids is 1. The zero-order valence-corrected chi connectivity index (χ0v) is 34.5. The van der Waals surface area contributed by atoms with Crippen LogP contribution in [0.15, 0.2) is 0 Å². The molecule has 13 nitrogen and oxygen atoms in total. The maximum atomic E-state index is 13.1. The fourth-order valence-corrected chi connectivity index (χ4v) is 7.56. The molecule has 0 radical (unpaired) electrons. The molecule has 8 atom stereocenters. The number of aliphatic hydroxyl groups excluding tert-OH is 5. The molecule has 1 fully saturated rings. The Morgan fingerprint density at radius 1 is 0.667 bits per heavy atom. The van der Waals surface area contributed by atoms with Crippen molar-refractivity contribution >= 4 is 16.3 Å². The second-order valence-corrected chi connectivity index (χ2v) is 16.5. The van der Waals surface area contributed by atoms with Crippen molar-refractivity contribution in [1.82, 2.24) is 5.32 Å². The van der Waals surface area contributed by atoms with Crippen molar-refractivity contribution in [3.8, 4) is 0 Å². The zero-order chi connectivity index (χ0) is 40.0. The summed E-state index contributed by atoms with van der Waals surface area (Å²) in [5.74, 6) is -0.669. The molecule has 1 heterocycles. The van der Waals surface area contributed by atoms with Crippen LogP contribution in [0.25, 0.3) is 0 Å². The van der Waals surface area contributed by atoms with E-state index in [1.807, 2.05) is 0 Å². The van der Waals surface area contributed by atoms with Crippen LogP contribution in [0.3, 0.4) is 0 Å². The quantitative estimate of drug-likeness (QED) is 0.0271. The largest absolute Gasteiger partial charge is 0.397 e. The lowest BCUT2D eigenvalue weighted by Crippen LogP contribution is -2.61. The van der Waals surface area contributed by atoms with E-state index >= 15 is 0 Å². The van der Waals surface area contributed by atoms with Gasteiger partial charge in [0.05, 0.1) is 25.4 Å². The van der Waals surface area contributed by atoms with E-state index < -0.39 is 78.5 Å².